The van der Waals surface area contributed by atoms with Crippen molar-refractivity contribution < 1.29 is 13.9 Å². The van der Waals surface area contributed by atoms with Gasteiger partial charge in [0.25, 0.3) is 0 Å². The topological polar surface area (TPSA) is 18.5 Å². The van der Waals surface area contributed by atoms with Crippen molar-refractivity contribution in [3.63, 3.8) is 0 Å². The summed E-state index contributed by atoms with van der Waals surface area (Å²) in [4.78, 5) is 0. The third-order valence-corrected chi connectivity index (χ3v) is 2.53. The summed E-state index contributed by atoms with van der Waals surface area (Å²) in [6, 6.07) is 4.55. The van der Waals surface area contributed by atoms with Crippen molar-refractivity contribution >= 4 is 0 Å². The summed E-state index contributed by atoms with van der Waals surface area (Å²) >= 11 is 0. The van der Waals surface area contributed by atoms with Crippen LogP contribution in [0.3, 0.4) is 0 Å². The first-order valence-electron chi connectivity index (χ1n) is 6.07. The lowest BCUT2D eigenvalue weighted by molar-refractivity contribution is 0.00000722. The standard InChI is InChI=1S/C14H21FO2/c1-5-6-14(17-10(2)3)12-9-11(15)7-8-13(12)16-4/h7-10,14H,5-6H2,1-4H3/t14-/m0/s1. The van der Waals surface area contributed by atoms with Crippen molar-refractivity contribution in [1.82, 2.24) is 0 Å². The molecule has 0 radical (unpaired) electrons. The molecule has 96 valence electrons. The molecule has 0 heterocycles. The number of methoxy groups -OCH3 is 1. The molecule has 0 amide bonds. The van der Waals surface area contributed by atoms with Crippen LogP contribution < -0.4 is 4.74 Å². The smallest absolute Gasteiger partial charge is 0.124 e. The van der Waals surface area contributed by atoms with E-state index in [1.165, 1.54) is 12.1 Å². The highest BCUT2D eigenvalue weighted by Gasteiger charge is 2.18. The van der Waals surface area contributed by atoms with Crippen LogP contribution in [0.2, 0.25) is 0 Å². The molecule has 0 unspecified atom stereocenters. The minimum Gasteiger partial charge on any atom is -0.496 e. The van der Waals surface area contributed by atoms with E-state index in [4.69, 9.17) is 9.47 Å². The molecular weight excluding hydrogens is 219 g/mol. The summed E-state index contributed by atoms with van der Waals surface area (Å²) in [7, 11) is 1.59. The van der Waals surface area contributed by atoms with Gasteiger partial charge in [-0.1, -0.05) is 13.3 Å². The van der Waals surface area contributed by atoms with Gasteiger partial charge >= 0.3 is 0 Å². The molecular formula is C14H21FO2. The fraction of sp³-hybridized carbons (Fsp3) is 0.571. The van der Waals surface area contributed by atoms with Gasteiger partial charge in [-0.05, 0) is 38.5 Å². The van der Waals surface area contributed by atoms with E-state index in [1.54, 1.807) is 13.2 Å². The zero-order valence-corrected chi connectivity index (χ0v) is 11.0. The maximum Gasteiger partial charge on any atom is 0.124 e. The minimum absolute atomic E-state index is 0.106. The van der Waals surface area contributed by atoms with Crippen molar-refractivity contribution in [2.24, 2.45) is 0 Å². The van der Waals surface area contributed by atoms with Crippen LogP contribution in [0.4, 0.5) is 4.39 Å². The number of benzene rings is 1. The van der Waals surface area contributed by atoms with Crippen LogP contribution in [0.1, 0.15) is 45.3 Å². The molecule has 2 nitrogen and oxygen atoms in total. The zero-order chi connectivity index (χ0) is 12.8. The fourth-order valence-electron chi connectivity index (χ4n) is 1.84. The van der Waals surface area contributed by atoms with E-state index in [0.29, 0.717) is 5.75 Å². The first kappa shape index (κ1) is 14.0. The number of halogens is 1. The fourth-order valence-corrected chi connectivity index (χ4v) is 1.84. The largest absolute Gasteiger partial charge is 0.496 e. The van der Waals surface area contributed by atoms with E-state index in [0.717, 1.165) is 18.4 Å². The Hall–Kier alpha value is -1.09. The second-order valence-electron chi connectivity index (χ2n) is 4.35. The Morgan fingerprint density at radius 1 is 1.29 bits per heavy atom. The normalized spacial score (nSPS) is 12.8. The molecule has 0 aliphatic carbocycles. The lowest BCUT2D eigenvalue weighted by atomic mass is 10.0. The Kier molecular flexibility index (Phi) is 5.42. The van der Waals surface area contributed by atoms with Gasteiger partial charge in [-0.15, -0.1) is 0 Å². The van der Waals surface area contributed by atoms with E-state index in [-0.39, 0.29) is 18.0 Å². The molecule has 17 heavy (non-hydrogen) atoms. The Balaban J connectivity index is 3.02. The van der Waals surface area contributed by atoms with Crippen molar-refractivity contribution in [2.45, 2.75) is 45.8 Å². The van der Waals surface area contributed by atoms with Crippen molar-refractivity contribution in [1.29, 1.82) is 0 Å². The number of hydrogen-bond acceptors (Lipinski definition) is 2. The summed E-state index contributed by atoms with van der Waals surface area (Å²) in [6.07, 6.45) is 1.85. The van der Waals surface area contributed by atoms with Gasteiger partial charge in [0, 0.05) is 5.56 Å². The summed E-state index contributed by atoms with van der Waals surface area (Å²) in [5.74, 6) is 0.430. The third-order valence-electron chi connectivity index (χ3n) is 2.53. The molecule has 1 aromatic carbocycles. The van der Waals surface area contributed by atoms with Crippen molar-refractivity contribution in [2.75, 3.05) is 7.11 Å². The molecule has 1 atom stereocenters. The van der Waals surface area contributed by atoms with E-state index in [2.05, 4.69) is 6.92 Å². The van der Waals surface area contributed by atoms with Gasteiger partial charge in [0.05, 0.1) is 19.3 Å². The average molecular weight is 240 g/mol. The molecule has 0 aliphatic heterocycles. The van der Waals surface area contributed by atoms with E-state index >= 15 is 0 Å². The molecule has 1 rings (SSSR count). The predicted molar refractivity (Wildman–Crippen MR) is 66.8 cm³/mol. The maximum absolute atomic E-state index is 13.3. The van der Waals surface area contributed by atoms with Gasteiger partial charge in [-0.2, -0.15) is 0 Å². The van der Waals surface area contributed by atoms with Crippen LogP contribution in [-0.2, 0) is 4.74 Å². The van der Waals surface area contributed by atoms with Crippen molar-refractivity contribution in [3.05, 3.63) is 29.6 Å². The Morgan fingerprint density at radius 3 is 2.53 bits per heavy atom. The maximum atomic E-state index is 13.3. The monoisotopic (exact) mass is 240 g/mol. The van der Waals surface area contributed by atoms with Gasteiger partial charge < -0.3 is 9.47 Å². The molecule has 3 heteroatoms. The van der Waals surface area contributed by atoms with E-state index in [1.807, 2.05) is 13.8 Å². The molecule has 0 N–H and O–H groups in total. The molecule has 0 spiro atoms. The summed E-state index contributed by atoms with van der Waals surface area (Å²) in [5, 5.41) is 0. The van der Waals surface area contributed by atoms with Crippen LogP contribution >= 0.6 is 0 Å². The number of ether oxygens (including phenoxy) is 2. The molecule has 0 saturated heterocycles. The van der Waals surface area contributed by atoms with Gasteiger partial charge in [-0.25, -0.2) is 4.39 Å². The second-order valence-corrected chi connectivity index (χ2v) is 4.35. The first-order valence-corrected chi connectivity index (χ1v) is 6.07. The predicted octanol–water partition coefficient (Wildman–Crippen LogP) is 4.10. The zero-order valence-electron chi connectivity index (χ0n) is 11.0. The Morgan fingerprint density at radius 2 is 2.00 bits per heavy atom. The highest BCUT2D eigenvalue weighted by Crippen LogP contribution is 2.32. The van der Waals surface area contributed by atoms with Crippen molar-refractivity contribution in [3.8, 4) is 5.75 Å². The lowest BCUT2D eigenvalue weighted by Gasteiger charge is -2.22. The Bertz CT molecular complexity index is 350. The third kappa shape index (κ3) is 4.00. The van der Waals surface area contributed by atoms with Gasteiger partial charge in [0.1, 0.15) is 11.6 Å². The van der Waals surface area contributed by atoms with Gasteiger partial charge in [0.15, 0.2) is 0 Å². The van der Waals surface area contributed by atoms with Gasteiger partial charge in [-0.3, -0.25) is 0 Å². The molecule has 0 aromatic heterocycles. The van der Waals surface area contributed by atoms with E-state index < -0.39 is 0 Å². The second kappa shape index (κ2) is 6.60. The molecule has 1 aromatic rings. The molecule has 0 fully saturated rings. The highest BCUT2D eigenvalue weighted by atomic mass is 19.1. The minimum atomic E-state index is -0.255. The molecule has 0 aliphatic rings. The van der Waals surface area contributed by atoms with E-state index in [9.17, 15) is 4.39 Å². The summed E-state index contributed by atoms with van der Waals surface area (Å²) < 4.78 is 24.4. The SMILES string of the molecule is CCC[C@H](OC(C)C)c1cc(F)ccc1OC. The quantitative estimate of drug-likeness (QED) is 0.745. The van der Waals surface area contributed by atoms with Gasteiger partial charge in [0.2, 0.25) is 0 Å². The van der Waals surface area contributed by atoms with Crippen LogP contribution in [0, 0.1) is 5.82 Å². The Labute approximate surface area is 103 Å². The highest BCUT2D eigenvalue weighted by molar-refractivity contribution is 5.35. The molecule has 0 saturated carbocycles. The van der Waals surface area contributed by atoms with Crippen LogP contribution in [0.25, 0.3) is 0 Å². The average Bonchev–Trinajstić information content (AvgIpc) is 2.28. The molecule has 0 bridgehead atoms. The summed E-state index contributed by atoms with van der Waals surface area (Å²) in [5.41, 5.74) is 0.794. The lowest BCUT2D eigenvalue weighted by Crippen LogP contribution is -2.12. The number of hydrogen-bond donors (Lipinski definition) is 0. The first-order chi connectivity index (χ1) is 8.08. The van der Waals surface area contributed by atoms with Crippen LogP contribution in [0.5, 0.6) is 5.75 Å². The summed E-state index contributed by atoms with van der Waals surface area (Å²) in [6.45, 7) is 6.05. The van der Waals surface area contributed by atoms with Crippen LogP contribution in [-0.4, -0.2) is 13.2 Å². The van der Waals surface area contributed by atoms with Crippen LogP contribution in [0.15, 0.2) is 18.2 Å². The number of rotatable bonds is 6.